The van der Waals surface area contributed by atoms with Crippen molar-refractivity contribution in [3.8, 4) is 5.69 Å². The number of para-hydroxylation sites is 1. The maximum atomic E-state index is 4.32. The van der Waals surface area contributed by atoms with Gasteiger partial charge >= 0.3 is 0 Å². The molecule has 0 amide bonds. The van der Waals surface area contributed by atoms with Gasteiger partial charge in [0.15, 0.2) is 0 Å². The molecule has 1 fully saturated rings. The summed E-state index contributed by atoms with van der Waals surface area (Å²) in [7, 11) is 0. The lowest BCUT2D eigenvalue weighted by molar-refractivity contribution is -0.926. The van der Waals surface area contributed by atoms with E-state index in [9.17, 15) is 0 Å². The van der Waals surface area contributed by atoms with Gasteiger partial charge in [0.2, 0.25) is 0 Å². The minimum absolute atomic E-state index is 0.333. The van der Waals surface area contributed by atoms with Crippen LogP contribution in [0.25, 0.3) is 5.69 Å². The molecule has 0 bridgehead atoms. The molecule has 1 aliphatic rings. The van der Waals surface area contributed by atoms with Crippen LogP contribution in [0.2, 0.25) is 0 Å². The minimum atomic E-state index is 0.333. The molecule has 0 atom stereocenters. The van der Waals surface area contributed by atoms with Crippen molar-refractivity contribution in [3.63, 3.8) is 0 Å². The van der Waals surface area contributed by atoms with E-state index in [0.29, 0.717) is 6.04 Å². The van der Waals surface area contributed by atoms with Crippen LogP contribution in [-0.4, -0.2) is 46.4 Å². The molecule has 4 aromatic rings. The zero-order valence-electron chi connectivity index (χ0n) is 16.8. The van der Waals surface area contributed by atoms with Gasteiger partial charge in [0.05, 0.1) is 31.9 Å². The van der Waals surface area contributed by atoms with E-state index < -0.39 is 0 Å². The highest BCUT2D eigenvalue weighted by molar-refractivity contribution is 5.40. The number of piperazine rings is 1. The molecular formula is C24H25N6+. The Labute approximate surface area is 176 Å². The molecule has 1 saturated heterocycles. The normalized spacial score (nSPS) is 14.9. The highest BCUT2D eigenvalue weighted by Gasteiger charge is 2.31. The summed E-state index contributed by atoms with van der Waals surface area (Å²) in [6.07, 6.45) is 0. The second kappa shape index (κ2) is 8.47. The first-order valence-electron chi connectivity index (χ1n) is 10.4. The highest BCUT2D eigenvalue weighted by Crippen LogP contribution is 2.20. The Morgan fingerprint density at radius 1 is 0.700 bits per heavy atom. The molecule has 5 rings (SSSR count). The van der Waals surface area contributed by atoms with Crippen molar-refractivity contribution in [3.05, 3.63) is 102 Å². The van der Waals surface area contributed by atoms with E-state index in [1.54, 1.807) is 4.90 Å². The summed E-state index contributed by atoms with van der Waals surface area (Å²) in [5.41, 5.74) is 3.71. The van der Waals surface area contributed by atoms with Crippen LogP contribution < -0.4 is 9.80 Å². The van der Waals surface area contributed by atoms with Gasteiger partial charge in [-0.3, -0.25) is 0 Å². The smallest absolute Gasteiger partial charge is 0.250 e. The number of hydrogen-bond donors (Lipinski definition) is 1. The van der Waals surface area contributed by atoms with Gasteiger partial charge in [-0.2, -0.15) is 4.68 Å². The van der Waals surface area contributed by atoms with Crippen LogP contribution in [0.3, 0.4) is 0 Å². The van der Waals surface area contributed by atoms with Crippen LogP contribution in [0.1, 0.15) is 17.2 Å². The van der Waals surface area contributed by atoms with Crippen LogP contribution in [0, 0.1) is 0 Å². The third-order valence-electron chi connectivity index (χ3n) is 5.82. The van der Waals surface area contributed by atoms with Crippen LogP contribution in [0.4, 0.5) is 5.95 Å². The Bertz CT molecular complexity index is 1020. The van der Waals surface area contributed by atoms with Crippen molar-refractivity contribution in [2.45, 2.75) is 6.04 Å². The van der Waals surface area contributed by atoms with Crippen LogP contribution in [0.5, 0.6) is 0 Å². The van der Waals surface area contributed by atoms with E-state index in [4.69, 9.17) is 0 Å². The van der Waals surface area contributed by atoms with Crippen molar-refractivity contribution < 1.29 is 4.90 Å². The van der Waals surface area contributed by atoms with Gasteiger partial charge in [0, 0.05) is 11.1 Å². The maximum absolute atomic E-state index is 4.32. The number of rotatable bonds is 5. The van der Waals surface area contributed by atoms with Crippen molar-refractivity contribution in [1.29, 1.82) is 0 Å². The Hall–Kier alpha value is -3.51. The monoisotopic (exact) mass is 397 g/mol. The van der Waals surface area contributed by atoms with Crippen molar-refractivity contribution >= 4 is 5.95 Å². The zero-order chi connectivity index (χ0) is 20.2. The van der Waals surface area contributed by atoms with Crippen molar-refractivity contribution in [1.82, 2.24) is 20.2 Å². The molecule has 0 aliphatic carbocycles. The molecule has 6 heteroatoms. The summed E-state index contributed by atoms with van der Waals surface area (Å²) >= 11 is 0. The standard InChI is InChI=1S/C24H24N6/c1-4-10-20(11-5-1)23(21-12-6-2-7-13-21)28-16-18-29(19-17-28)24-25-26-27-30(24)22-14-8-3-9-15-22/h1-15,23H,16-19H2/p+1. The van der Waals surface area contributed by atoms with Crippen molar-refractivity contribution in [2.24, 2.45) is 0 Å². The quantitative estimate of drug-likeness (QED) is 0.561. The van der Waals surface area contributed by atoms with Gasteiger partial charge in [0.1, 0.15) is 6.04 Å². The maximum Gasteiger partial charge on any atom is 0.250 e. The fourth-order valence-corrected chi connectivity index (χ4v) is 4.35. The summed E-state index contributed by atoms with van der Waals surface area (Å²) in [5, 5.41) is 12.5. The lowest BCUT2D eigenvalue weighted by Crippen LogP contribution is -3.15. The summed E-state index contributed by atoms with van der Waals surface area (Å²) < 4.78 is 1.83. The van der Waals surface area contributed by atoms with Gasteiger partial charge in [-0.15, -0.1) is 0 Å². The molecule has 30 heavy (non-hydrogen) atoms. The lowest BCUT2D eigenvalue weighted by Gasteiger charge is -2.37. The summed E-state index contributed by atoms with van der Waals surface area (Å²) in [5.74, 6) is 0.816. The van der Waals surface area contributed by atoms with E-state index in [1.807, 2.05) is 35.0 Å². The average molecular weight is 398 g/mol. The number of quaternary nitrogens is 1. The predicted molar refractivity (Wildman–Crippen MR) is 117 cm³/mol. The minimum Gasteiger partial charge on any atom is -0.328 e. The SMILES string of the molecule is c1ccc(C(c2ccccc2)[NH+]2CCN(c3nnnn3-c3ccccc3)CC2)cc1. The Kier molecular flexibility index (Phi) is 5.23. The third-order valence-corrected chi connectivity index (χ3v) is 5.82. The number of benzene rings is 3. The molecule has 2 heterocycles. The molecule has 1 aliphatic heterocycles. The van der Waals surface area contributed by atoms with Gasteiger partial charge in [-0.1, -0.05) is 84.0 Å². The Balaban J connectivity index is 1.37. The van der Waals surface area contributed by atoms with E-state index in [0.717, 1.165) is 37.8 Å². The summed E-state index contributed by atoms with van der Waals surface area (Å²) in [4.78, 5) is 3.87. The summed E-state index contributed by atoms with van der Waals surface area (Å²) in [6, 6.07) is 32.1. The lowest BCUT2D eigenvalue weighted by atomic mass is 9.96. The molecule has 6 nitrogen and oxygen atoms in total. The molecular weight excluding hydrogens is 372 g/mol. The van der Waals surface area contributed by atoms with Gasteiger partial charge < -0.3 is 9.80 Å². The molecule has 0 unspecified atom stereocenters. The molecule has 150 valence electrons. The molecule has 1 N–H and O–H groups in total. The van der Waals surface area contributed by atoms with E-state index in [-0.39, 0.29) is 0 Å². The summed E-state index contributed by atoms with van der Waals surface area (Å²) in [6.45, 7) is 3.88. The van der Waals surface area contributed by atoms with Gasteiger partial charge in [0.25, 0.3) is 5.95 Å². The van der Waals surface area contributed by atoms with Crippen molar-refractivity contribution in [2.75, 3.05) is 31.1 Å². The number of nitrogens with one attached hydrogen (secondary N) is 1. The number of hydrogen-bond acceptors (Lipinski definition) is 4. The average Bonchev–Trinajstić information content (AvgIpc) is 3.32. The topological polar surface area (TPSA) is 51.3 Å². The second-order valence-electron chi connectivity index (χ2n) is 7.63. The van der Waals surface area contributed by atoms with E-state index in [2.05, 4.69) is 81.1 Å². The molecule has 0 radical (unpaired) electrons. The molecule has 3 aromatic carbocycles. The number of aromatic nitrogens is 4. The number of nitrogens with zero attached hydrogens (tertiary/aromatic N) is 5. The first-order chi connectivity index (χ1) is 14.9. The number of anilines is 1. The van der Waals surface area contributed by atoms with E-state index >= 15 is 0 Å². The molecule has 1 aromatic heterocycles. The highest BCUT2D eigenvalue weighted by atomic mass is 15.6. The first-order valence-corrected chi connectivity index (χ1v) is 10.4. The molecule has 0 saturated carbocycles. The first kappa shape index (κ1) is 18.5. The predicted octanol–water partition coefficient (Wildman–Crippen LogP) is 2.16. The van der Waals surface area contributed by atoms with Crippen LogP contribution in [0.15, 0.2) is 91.0 Å². The van der Waals surface area contributed by atoms with Gasteiger partial charge in [-0.05, 0) is 22.6 Å². The fraction of sp³-hybridized carbons (Fsp3) is 0.208. The fourth-order valence-electron chi connectivity index (χ4n) is 4.35. The Morgan fingerprint density at radius 2 is 1.23 bits per heavy atom. The van der Waals surface area contributed by atoms with Gasteiger partial charge in [-0.25, -0.2) is 0 Å². The number of tetrazole rings is 1. The second-order valence-corrected chi connectivity index (χ2v) is 7.63. The zero-order valence-corrected chi connectivity index (χ0v) is 16.8. The van der Waals surface area contributed by atoms with Crippen LogP contribution >= 0.6 is 0 Å². The van der Waals surface area contributed by atoms with Crippen LogP contribution in [-0.2, 0) is 0 Å². The third kappa shape index (κ3) is 3.69. The largest absolute Gasteiger partial charge is 0.328 e. The van der Waals surface area contributed by atoms with E-state index in [1.165, 1.54) is 11.1 Å². The molecule has 0 spiro atoms. The Morgan fingerprint density at radius 3 is 1.80 bits per heavy atom.